The molecule has 1 aliphatic carbocycles. The van der Waals surface area contributed by atoms with E-state index in [0.29, 0.717) is 11.7 Å². The molecule has 3 rings (SSSR count). The summed E-state index contributed by atoms with van der Waals surface area (Å²) >= 11 is 0. The number of nitrogens with zero attached hydrogens (tertiary/aromatic N) is 2. The molecule has 1 amide bonds. The Hall–Kier alpha value is -2.30. The number of aromatic nitrogens is 1. The van der Waals surface area contributed by atoms with E-state index in [1.807, 2.05) is 24.3 Å². The standard InChI is InChI=1S/C16H20N4O/c17-13-9-19-14-8-4-3-7-12(14)16(13)20(10-15(18)21)11-5-1-2-6-11/h3-4,7-9,11H,1-2,5-6,10,17H2,(H2,18,21). The van der Waals surface area contributed by atoms with Crippen LogP contribution in [0.25, 0.3) is 10.9 Å². The Morgan fingerprint density at radius 1 is 1.29 bits per heavy atom. The molecule has 4 N–H and O–H groups in total. The highest BCUT2D eigenvalue weighted by Gasteiger charge is 2.26. The summed E-state index contributed by atoms with van der Waals surface area (Å²) in [6.45, 7) is 0.197. The van der Waals surface area contributed by atoms with Gasteiger partial charge in [-0.15, -0.1) is 0 Å². The fourth-order valence-corrected chi connectivity index (χ4v) is 3.24. The van der Waals surface area contributed by atoms with Gasteiger partial charge < -0.3 is 16.4 Å². The lowest BCUT2D eigenvalue weighted by Gasteiger charge is -2.31. The second-order valence-corrected chi connectivity index (χ2v) is 5.61. The molecule has 1 aliphatic rings. The first-order chi connectivity index (χ1) is 10.2. The van der Waals surface area contributed by atoms with E-state index in [4.69, 9.17) is 11.5 Å². The van der Waals surface area contributed by atoms with Crippen LogP contribution in [0.5, 0.6) is 0 Å². The van der Waals surface area contributed by atoms with Crippen LogP contribution >= 0.6 is 0 Å². The number of pyridine rings is 1. The van der Waals surface area contributed by atoms with E-state index >= 15 is 0 Å². The van der Waals surface area contributed by atoms with Crippen molar-refractivity contribution < 1.29 is 4.79 Å². The third-order valence-electron chi connectivity index (χ3n) is 4.15. The minimum absolute atomic E-state index is 0.197. The Morgan fingerprint density at radius 3 is 2.71 bits per heavy atom. The highest BCUT2D eigenvalue weighted by Crippen LogP contribution is 2.36. The maximum Gasteiger partial charge on any atom is 0.236 e. The van der Waals surface area contributed by atoms with Crippen molar-refractivity contribution in [3.8, 4) is 0 Å². The molecule has 0 saturated heterocycles. The van der Waals surface area contributed by atoms with Gasteiger partial charge in [0.2, 0.25) is 5.91 Å². The summed E-state index contributed by atoms with van der Waals surface area (Å²) in [7, 11) is 0. The Balaban J connectivity index is 2.13. The minimum Gasteiger partial charge on any atom is -0.396 e. The van der Waals surface area contributed by atoms with Gasteiger partial charge >= 0.3 is 0 Å². The number of primary amides is 1. The van der Waals surface area contributed by atoms with Gasteiger partial charge in [0.25, 0.3) is 0 Å². The summed E-state index contributed by atoms with van der Waals surface area (Å²) in [5.74, 6) is -0.331. The van der Waals surface area contributed by atoms with Crippen molar-refractivity contribution in [1.29, 1.82) is 0 Å². The fourth-order valence-electron chi connectivity index (χ4n) is 3.24. The largest absolute Gasteiger partial charge is 0.396 e. The predicted molar refractivity (Wildman–Crippen MR) is 85.0 cm³/mol. The zero-order chi connectivity index (χ0) is 14.8. The Morgan fingerprint density at radius 2 is 2.00 bits per heavy atom. The molecule has 5 nitrogen and oxygen atoms in total. The molecular weight excluding hydrogens is 264 g/mol. The Bertz CT molecular complexity index is 664. The van der Waals surface area contributed by atoms with Crippen LogP contribution in [0.3, 0.4) is 0 Å². The summed E-state index contributed by atoms with van der Waals surface area (Å²) in [5.41, 5.74) is 14.0. The summed E-state index contributed by atoms with van der Waals surface area (Å²) in [4.78, 5) is 18.0. The molecule has 1 heterocycles. The van der Waals surface area contributed by atoms with E-state index in [-0.39, 0.29) is 12.5 Å². The van der Waals surface area contributed by atoms with Crippen LogP contribution in [0, 0.1) is 0 Å². The summed E-state index contributed by atoms with van der Waals surface area (Å²) in [5, 5.41) is 0.977. The highest BCUT2D eigenvalue weighted by molar-refractivity contribution is 5.99. The quantitative estimate of drug-likeness (QED) is 0.899. The number of amides is 1. The first-order valence-electron chi connectivity index (χ1n) is 7.35. The molecule has 110 valence electrons. The molecule has 1 aromatic heterocycles. The number of fused-ring (bicyclic) bond motifs is 1. The lowest BCUT2D eigenvalue weighted by molar-refractivity contribution is -0.116. The van der Waals surface area contributed by atoms with Crippen molar-refractivity contribution in [3.05, 3.63) is 30.5 Å². The van der Waals surface area contributed by atoms with Crippen molar-refractivity contribution in [2.75, 3.05) is 17.2 Å². The first-order valence-corrected chi connectivity index (χ1v) is 7.35. The average molecular weight is 284 g/mol. The number of benzene rings is 1. The van der Waals surface area contributed by atoms with Gasteiger partial charge in [0.05, 0.1) is 29.6 Å². The summed E-state index contributed by atoms with van der Waals surface area (Å²) in [6.07, 6.45) is 6.18. The molecule has 5 heteroatoms. The molecule has 0 atom stereocenters. The van der Waals surface area contributed by atoms with E-state index in [9.17, 15) is 4.79 Å². The van der Waals surface area contributed by atoms with E-state index < -0.39 is 0 Å². The molecule has 0 spiro atoms. The van der Waals surface area contributed by atoms with Crippen molar-refractivity contribution in [3.63, 3.8) is 0 Å². The number of nitrogen functional groups attached to an aromatic ring is 1. The second-order valence-electron chi connectivity index (χ2n) is 5.61. The lowest BCUT2D eigenvalue weighted by Crippen LogP contribution is -2.40. The number of carbonyl (C=O) groups is 1. The van der Waals surface area contributed by atoms with Gasteiger partial charge in [-0.3, -0.25) is 9.78 Å². The number of anilines is 2. The van der Waals surface area contributed by atoms with Crippen LogP contribution in [-0.2, 0) is 4.79 Å². The van der Waals surface area contributed by atoms with Crippen LogP contribution in [0.2, 0.25) is 0 Å². The number of hydrogen-bond acceptors (Lipinski definition) is 4. The van der Waals surface area contributed by atoms with E-state index in [1.165, 1.54) is 12.8 Å². The van der Waals surface area contributed by atoms with E-state index in [0.717, 1.165) is 29.4 Å². The molecule has 1 fully saturated rings. The van der Waals surface area contributed by atoms with Gasteiger partial charge in [-0.25, -0.2) is 0 Å². The molecule has 1 aromatic carbocycles. The second kappa shape index (κ2) is 5.60. The maximum absolute atomic E-state index is 11.5. The van der Waals surface area contributed by atoms with Gasteiger partial charge in [0.1, 0.15) is 0 Å². The van der Waals surface area contributed by atoms with Gasteiger partial charge in [0, 0.05) is 11.4 Å². The fraction of sp³-hybridized carbons (Fsp3) is 0.375. The van der Waals surface area contributed by atoms with E-state index in [1.54, 1.807) is 6.20 Å². The zero-order valence-electron chi connectivity index (χ0n) is 12.0. The number of hydrogen-bond donors (Lipinski definition) is 2. The summed E-state index contributed by atoms with van der Waals surface area (Å²) < 4.78 is 0. The Labute approximate surface area is 123 Å². The zero-order valence-corrected chi connectivity index (χ0v) is 12.0. The molecule has 21 heavy (non-hydrogen) atoms. The molecule has 0 bridgehead atoms. The monoisotopic (exact) mass is 284 g/mol. The third kappa shape index (κ3) is 2.63. The van der Waals surface area contributed by atoms with Crippen LogP contribution in [-0.4, -0.2) is 23.5 Å². The third-order valence-corrected chi connectivity index (χ3v) is 4.15. The van der Waals surface area contributed by atoms with Crippen molar-refractivity contribution in [1.82, 2.24) is 4.98 Å². The van der Waals surface area contributed by atoms with Crippen LogP contribution in [0.4, 0.5) is 11.4 Å². The predicted octanol–water partition coefficient (Wildman–Crippen LogP) is 2.05. The minimum atomic E-state index is -0.331. The molecule has 0 radical (unpaired) electrons. The van der Waals surface area contributed by atoms with Crippen molar-refractivity contribution in [2.45, 2.75) is 31.7 Å². The summed E-state index contributed by atoms with van der Waals surface area (Å²) in [6, 6.07) is 8.19. The molecule has 0 aliphatic heterocycles. The SMILES string of the molecule is NC(=O)CN(c1c(N)cnc2ccccc12)C1CCCC1. The molecular formula is C16H20N4O. The number of para-hydroxylation sites is 1. The van der Waals surface area contributed by atoms with E-state index in [2.05, 4.69) is 9.88 Å². The lowest BCUT2D eigenvalue weighted by atomic mass is 10.1. The topological polar surface area (TPSA) is 85.2 Å². The number of carbonyl (C=O) groups excluding carboxylic acids is 1. The van der Waals surface area contributed by atoms with Crippen molar-refractivity contribution in [2.24, 2.45) is 5.73 Å². The normalized spacial score (nSPS) is 15.4. The van der Waals surface area contributed by atoms with Gasteiger partial charge in [0.15, 0.2) is 0 Å². The number of nitrogens with two attached hydrogens (primary N) is 2. The highest BCUT2D eigenvalue weighted by atomic mass is 16.1. The Kier molecular flexibility index (Phi) is 3.64. The number of rotatable bonds is 4. The van der Waals surface area contributed by atoms with Crippen LogP contribution < -0.4 is 16.4 Å². The van der Waals surface area contributed by atoms with Gasteiger partial charge in [-0.2, -0.15) is 0 Å². The smallest absolute Gasteiger partial charge is 0.236 e. The van der Waals surface area contributed by atoms with Gasteiger partial charge in [-0.05, 0) is 18.9 Å². The van der Waals surface area contributed by atoms with Crippen LogP contribution in [0.1, 0.15) is 25.7 Å². The molecule has 2 aromatic rings. The maximum atomic E-state index is 11.5. The average Bonchev–Trinajstić information content (AvgIpc) is 2.99. The molecule has 0 unspecified atom stereocenters. The van der Waals surface area contributed by atoms with Crippen molar-refractivity contribution >= 4 is 28.2 Å². The first kappa shape index (κ1) is 13.7. The molecule has 1 saturated carbocycles. The van der Waals surface area contributed by atoms with Crippen LogP contribution in [0.15, 0.2) is 30.5 Å². The van der Waals surface area contributed by atoms with Gasteiger partial charge in [-0.1, -0.05) is 31.0 Å².